The highest BCUT2D eigenvalue weighted by Crippen LogP contribution is 2.15. The summed E-state index contributed by atoms with van der Waals surface area (Å²) in [5.74, 6) is 1.77. The van der Waals surface area contributed by atoms with E-state index in [1.165, 1.54) is 11.3 Å². The minimum atomic E-state index is 0.817. The molecule has 2 heterocycles. The zero-order valence-corrected chi connectivity index (χ0v) is 13.0. The molecule has 2 rings (SSSR count). The maximum Gasteiger partial charge on any atom is 0.132 e. The minimum absolute atomic E-state index is 0.817. The number of nitrogens with zero attached hydrogens (tertiary/aromatic N) is 3. The van der Waals surface area contributed by atoms with Crippen LogP contribution in [-0.2, 0) is 6.42 Å². The molecule has 0 radical (unpaired) electrons. The summed E-state index contributed by atoms with van der Waals surface area (Å²) in [6.45, 7) is 11.0. The average Bonchev–Trinajstić information content (AvgIpc) is 2.71. The molecule has 2 aromatic rings. The zero-order chi connectivity index (χ0) is 14.7. The van der Waals surface area contributed by atoms with E-state index in [1.807, 2.05) is 20.8 Å². The first-order valence-corrected chi connectivity index (χ1v) is 7.05. The number of aromatic nitrogens is 4. The van der Waals surface area contributed by atoms with Crippen LogP contribution < -0.4 is 5.32 Å². The second-order valence-corrected chi connectivity index (χ2v) is 5.27. The third kappa shape index (κ3) is 3.15. The van der Waals surface area contributed by atoms with Gasteiger partial charge in [0.15, 0.2) is 0 Å². The Labute approximate surface area is 120 Å². The van der Waals surface area contributed by atoms with Gasteiger partial charge in [-0.1, -0.05) is 0 Å². The molecule has 0 aromatic carbocycles. The summed E-state index contributed by atoms with van der Waals surface area (Å²) in [5, 5.41) is 10.7. The second-order valence-electron chi connectivity index (χ2n) is 5.27. The first-order chi connectivity index (χ1) is 9.49. The maximum absolute atomic E-state index is 4.46. The van der Waals surface area contributed by atoms with Crippen molar-refractivity contribution < 1.29 is 0 Å². The maximum atomic E-state index is 4.46. The number of hydrogen-bond acceptors (Lipinski definition) is 4. The lowest BCUT2D eigenvalue weighted by molar-refractivity contribution is 0.842. The molecule has 0 saturated heterocycles. The van der Waals surface area contributed by atoms with Crippen molar-refractivity contribution in [3.05, 3.63) is 34.0 Å². The van der Waals surface area contributed by atoms with E-state index in [0.29, 0.717) is 0 Å². The largest absolute Gasteiger partial charge is 0.370 e. The van der Waals surface area contributed by atoms with Crippen LogP contribution in [-0.4, -0.2) is 26.7 Å². The lowest BCUT2D eigenvalue weighted by Gasteiger charge is -2.11. The van der Waals surface area contributed by atoms with Gasteiger partial charge in [0.2, 0.25) is 0 Å². The Balaban J connectivity index is 1.91. The molecule has 0 fully saturated rings. The van der Waals surface area contributed by atoms with Gasteiger partial charge in [-0.15, -0.1) is 0 Å². The number of aromatic amines is 1. The first kappa shape index (κ1) is 14.5. The van der Waals surface area contributed by atoms with Crippen LogP contribution in [0.4, 0.5) is 5.82 Å². The van der Waals surface area contributed by atoms with Gasteiger partial charge in [0.1, 0.15) is 11.6 Å². The fraction of sp³-hybridized carbons (Fsp3) is 0.533. The quantitative estimate of drug-likeness (QED) is 0.822. The van der Waals surface area contributed by atoms with E-state index in [0.717, 1.165) is 48.0 Å². The number of anilines is 1. The van der Waals surface area contributed by atoms with Crippen LogP contribution in [0.3, 0.4) is 0 Å². The summed E-state index contributed by atoms with van der Waals surface area (Å²) >= 11 is 0. The third-order valence-corrected chi connectivity index (χ3v) is 3.68. The SMILES string of the molecule is Cc1nc(C)c(C)c(NCCCc2c(C)n[nH]c2C)n1. The summed E-state index contributed by atoms with van der Waals surface area (Å²) < 4.78 is 0. The fourth-order valence-electron chi connectivity index (χ4n) is 2.36. The van der Waals surface area contributed by atoms with Crippen molar-refractivity contribution in [2.24, 2.45) is 0 Å². The summed E-state index contributed by atoms with van der Waals surface area (Å²) in [5.41, 5.74) is 5.78. The molecule has 0 atom stereocenters. The molecule has 0 spiro atoms. The lowest BCUT2D eigenvalue weighted by atomic mass is 10.1. The molecule has 0 bridgehead atoms. The minimum Gasteiger partial charge on any atom is -0.370 e. The monoisotopic (exact) mass is 273 g/mol. The fourth-order valence-corrected chi connectivity index (χ4v) is 2.36. The van der Waals surface area contributed by atoms with E-state index in [9.17, 15) is 0 Å². The van der Waals surface area contributed by atoms with Crippen molar-refractivity contribution in [2.75, 3.05) is 11.9 Å². The van der Waals surface area contributed by atoms with E-state index >= 15 is 0 Å². The van der Waals surface area contributed by atoms with E-state index in [2.05, 4.69) is 39.3 Å². The van der Waals surface area contributed by atoms with Crippen LogP contribution in [0.25, 0.3) is 0 Å². The topological polar surface area (TPSA) is 66.5 Å². The molecule has 0 saturated carbocycles. The predicted octanol–water partition coefficient (Wildman–Crippen LogP) is 2.79. The van der Waals surface area contributed by atoms with E-state index in [1.54, 1.807) is 0 Å². The Kier molecular flexibility index (Phi) is 4.37. The molecule has 20 heavy (non-hydrogen) atoms. The van der Waals surface area contributed by atoms with Gasteiger partial charge in [-0.25, -0.2) is 9.97 Å². The predicted molar refractivity (Wildman–Crippen MR) is 81.1 cm³/mol. The molecule has 0 aliphatic carbocycles. The summed E-state index contributed by atoms with van der Waals surface area (Å²) in [7, 11) is 0. The van der Waals surface area contributed by atoms with Crippen LogP contribution in [0.15, 0.2) is 0 Å². The smallest absolute Gasteiger partial charge is 0.132 e. The second kappa shape index (κ2) is 6.03. The standard InChI is InChI=1S/C15H23N5/c1-9-10(2)17-13(5)18-15(9)16-8-6-7-14-11(3)19-20-12(14)4/h6-8H2,1-5H3,(H,19,20)(H,16,17,18). The van der Waals surface area contributed by atoms with Crippen LogP contribution in [0, 0.1) is 34.6 Å². The van der Waals surface area contributed by atoms with Crippen molar-refractivity contribution in [1.29, 1.82) is 0 Å². The molecule has 0 aliphatic heterocycles. The highest BCUT2D eigenvalue weighted by atomic mass is 15.1. The molecular weight excluding hydrogens is 250 g/mol. The average molecular weight is 273 g/mol. The molecule has 0 unspecified atom stereocenters. The van der Waals surface area contributed by atoms with Crippen LogP contribution in [0.2, 0.25) is 0 Å². The van der Waals surface area contributed by atoms with Gasteiger partial charge < -0.3 is 5.32 Å². The van der Waals surface area contributed by atoms with Crippen molar-refractivity contribution in [3.63, 3.8) is 0 Å². The summed E-state index contributed by atoms with van der Waals surface area (Å²) in [4.78, 5) is 8.82. The van der Waals surface area contributed by atoms with Crippen molar-refractivity contribution >= 4 is 5.82 Å². The van der Waals surface area contributed by atoms with Gasteiger partial charge in [-0.2, -0.15) is 5.10 Å². The van der Waals surface area contributed by atoms with Gasteiger partial charge in [0.25, 0.3) is 0 Å². The Hall–Kier alpha value is -1.91. The Morgan fingerprint density at radius 3 is 2.40 bits per heavy atom. The van der Waals surface area contributed by atoms with Crippen molar-refractivity contribution in [1.82, 2.24) is 20.2 Å². The zero-order valence-electron chi connectivity index (χ0n) is 13.0. The normalized spacial score (nSPS) is 10.8. The Morgan fingerprint density at radius 1 is 1.00 bits per heavy atom. The number of aryl methyl sites for hydroxylation is 4. The number of rotatable bonds is 5. The third-order valence-electron chi connectivity index (χ3n) is 3.68. The molecule has 0 aliphatic rings. The molecular formula is C15H23N5. The summed E-state index contributed by atoms with van der Waals surface area (Å²) in [6, 6.07) is 0. The van der Waals surface area contributed by atoms with E-state index in [-0.39, 0.29) is 0 Å². The highest BCUT2D eigenvalue weighted by molar-refractivity contribution is 5.45. The van der Waals surface area contributed by atoms with E-state index in [4.69, 9.17) is 0 Å². The van der Waals surface area contributed by atoms with Gasteiger partial charge >= 0.3 is 0 Å². The van der Waals surface area contributed by atoms with Gasteiger partial charge in [0.05, 0.1) is 5.69 Å². The van der Waals surface area contributed by atoms with Gasteiger partial charge in [0, 0.05) is 23.5 Å². The molecule has 5 heteroatoms. The Morgan fingerprint density at radius 2 is 1.75 bits per heavy atom. The van der Waals surface area contributed by atoms with Crippen molar-refractivity contribution in [2.45, 2.75) is 47.5 Å². The van der Waals surface area contributed by atoms with Crippen LogP contribution in [0.5, 0.6) is 0 Å². The molecule has 5 nitrogen and oxygen atoms in total. The molecule has 108 valence electrons. The Bertz CT molecular complexity index is 581. The van der Waals surface area contributed by atoms with Crippen molar-refractivity contribution in [3.8, 4) is 0 Å². The molecule has 2 aromatic heterocycles. The number of H-pyrrole nitrogens is 1. The van der Waals surface area contributed by atoms with Crippen LogP contribution in [0.1, 0.15) is 40.5 Å². The summed E-state index contributed by atoms with van der Waals surface area (Å²) in [6.07, 6.45) is 2.09. The van der Waals surface area contributed by atoms with Gasteiger partial charge in [-0.3, -0.25) is 5.10 Å². The molecule has 2 N–H and O–H groups in total. The van der Waals surface area contributed by atoms with Crippen LogP contribution >= 0.6 is 0 Å². The highest BCUT2D eigenvalue weighted by Gasteiger charge is 2.07. The van der Waals surface area contributed by atoms with E-state index < -0.39 is 0 Å². The lowest BCUT2D eigenvalue weighted by Crippen LogP contribution is -2.09. The molecule has 0 amide bonds. The van der Waals surface area contributed by atoms with Gasteiger partial charge in [-0.05, 0) is 53.0 Å². The first-order valence-electron chi connectivity index (χ1n) is 7.05. The number of nitrogens with one attached hydrogen (secondary N) is 2. The number of hydrogen-bond donors (Lipinski definition) is 2.